The maximum absolute atomic E-state index is 12.3. The minimum Gasteiger partial charge on any atom is -0.454 e. The third kappa shape index (κ3) is 4.59. The number of ether oxygens (including phenoxy) is 1. The molecule has 0 fully saturated rings. The average Bonchev–Trinajstić information content (AvgIpc) is 3.10. The number of nitrogens with zero attached hydrogens (tertiary/aromatic N) is 1. The molecule has 0 saturated carbocycles. The molecule has 6 nitrogen and oxygen atoms in total. The standard InChI is InChI=1S/C19H16Cl2N2O4/c20-14-6-5-13(9-15(14)21)19(26)22-10-18(25)27-11-17(24)23-8-7-12-3-1-2-4-16(12)23/h1-6,9H,7-8,10-11H2,(H,22,26). The number of hydrogen-bond donors (Lipinski definition) is 1. The van der Waals surface area contributed by atoms with Gasteiger partial charge in [-0.15, -0.1) is 0 Å². The maximum Gasteiger partial charge on any atom is 0.325 e. The molecule has 8 heteroatoms. The second-order valence-electron chi connectivity index (χ2n) is 5.90. The van der Waals surface area contributed by atoms with Crippen molar-refractivity contribution in [1.82, 2.24) is 5.32 Å². The molecule has 0 spiro atoms. The van der Waals surface area contributed by atoms with Gasteiger partial charge in [0.15, 0.2) is 6.61 Å². The van der Waals surface area contributed by atoms with Gasteiger partial charge in [0.2, 0.25) is 0 Å². The summed E-state index contributed by atoms with van der Waals surface area (Å²) in [5.74, 6) is -1.50. The van der Waals surface area contributed by atoms with Crippen LogP contribution in [0.4, 0.5) is 5.69 Å². The Labute approximate surface area is 166 Å². The number of esters is 1. The zero-order valence-electron chi connectivity index (χ0n) is 14.2. The third-order valence-corrected chi connectivity index (χ3v) is 4.86. The molecular weight excluding hydrogens is 391 g/mol. The molecule has 0 bridgehead atoms. The number of rotatable bonds is 5. The summed E-state index contributed by atoms with van der Waals surface area (Å²) in [7, 11) is 0. The number of hydrogen-bond acceptors (Lipinski definition) is 4. The molecule has 2 amide bonds. The molecule has 0 aliphatic carbocycles. The zero-order valence-corrected chi connectivity index (χ0v) is 15.7. The molecule has 27 heavy (non-hydrogen) atoms. The van der Waals surface area contributed by atoms with Crippen molar-refractivity contribution in [3.05, 3.63) is 63.6 Å². The van der Waals surface area contributed by atoms with Gasteiger partial charge in [-0.05, 0) is 36.2 Å². The number of para-hydroxylation sites is 1. The summed E-state index contributed by atoms with van der Waals surface area (Å²) in [6.07, 6.45) is 0.773. The van der Waals surface area contributed by atoms with Crippen molar-refractivity contribution >= 4 is 46.7 Å². The first kappa shape index (κ1) is 19.2. The number of anilines is 1. The average molecular weight is 407 g/mol. The molecule has 0 aromatic heterocycles. The van der Waals surface area contributed by atoms with E-state index in [1.165, 1.54) is 18.2 Å². The van der Waals surface area contributed by atoms with Crippen LogP contribution in [0.2, 0.25) is 10.0 Å². The van der Waals surface area contributed by atoms with Crippen LogP contribution in [-0.4, -0.2) is 37.5 Å². The molecule has 0 saturated heterocycles. The van der Waals surface area contributed by atoms with E-state index in [0.29, 0.717) is 11.6 Å². The van der Waals surface area contributed by atoms with Crippen LogP contribution in [0.1, 0.15) is 15.9 Å². The van der Waals surface area contributed by atoms with E-state index in [1.54, 1.807) is 4.90 Å². The summed E-state index contributed by atoms with van der Waals surface area (Å²) in [5, 5.41) is 2.98. The summed E-state index contributed by atoms with van der Waals surface area (Å²) in [5.41, 5.74) is 2.19. The van der Waals surface area contributed by atoms with E-state index in [1.807, 2.05) is 24.3 Å². The molecule has 1 heterocycles. The largest absolute Gasteiger partial charge is 0.454 e. The van der Waals surface area contributed by atoms with Crippen molar-refractivity contribution < 1.29 is 19.1 Å². The molecule has 140 valence electrons. The van der Waals surface area contributed by atoms with E-state index in [9.17, 15) is 14.4 Å². The highest BCUT2D eigenvalue weighted by Gasteiger charge is 2.24. The first-order valence-corrected chi connectivity index (χ1v) is 8.98. The fourth-order valence-electron chi connectivity index (χ4n) is 2.76. The number of carbonyl (C=O) groups is 3. The summed E-state index contributed by atoms with van der Waals surface area (Å²) >= 11 is 11.7. The second-order valence-corrected chi connectivity index (χ2v) is 6.71. The number of carbonyl (C=O) groups excluding carboxylic acids is 3. The SMILES string of the molecule is O=C(CNC(=O)c1ccc(Cl)c(Cl)c1)OCC(=O)N1CCc2ccccc21. The molecule has 2 aromatic carbocycles. The first-order valence-electron chi connectivity index (χ1n) is 8.23. The maximum atomic E-state index is 12.3. The number of amides is 2. The van der Waals surface area contributed by atoms with Crippen LogP contribution in [0.3, 0.4) is 0 Å². The van der Waals surface area contributed by atoms with Crippen molar-refractivity contribution in [3.63, 3.8) is 0 Å². The Kier molecular flexibility index (Phi) is 5.98. The predicted octanol–water partition coefficient (Wildman–Crippen LogP) is 2.86. The summed E-state index contributed by atoms with van der Waals surface area (Å²) in [4.78, 5) is 37.7. The van der Waals surface area contributed by atoms with Gasteiger partial charge in [0.05, 0.1) is 10.0 Å². The van der Waals surface area contributed by atoms with Gasteiger partial charge in [0.1, 0.15) is 6.54 Å². The summed E-state index contributed by atoms with van der Waals surface area (Å²) in [6, 6.07) is 12.0. The lowest BCUT2D eigenvalue weighted by Gasteiger charge is -2.17. The smallest absolute Gasteiger partial charge is 0.325 e. The van der Waals surface area contributed by atoms with Gasteiger partial charge in [-0.1, -0.05) is 41.4 Å². The minimum absolute atomic E-state index is 0.239. The Morgan fingerprint density at radius 2 is 1.85 bits per heavy atom. The van der Waals surface area contributed by atoms with Crippen LogP contribution in [0.15, 0.2) is 42.5 Å². The van der Waals surface area contributed by atoms with Crippen molar-refractivity contribution in [2.24, 2.45) is 0 Å². The zero-order chi connectivity index (χ0) is 19.4. The van der Waals surface area contributed by atoms with Crippen LogP contribution in [-0.2, 0) is 20.7 Å². The van der Waals surface area contributed by atoms with E-state index in [2.05, 4.69) is 5.32 Å². The van der Waals surface area contributed by atoms with Crippen LogP contribution < -0.4 is 10.2 Å². The Hall–Kier alpha value is -2.57. The number of halogens is 2. The highest BCUT2D eigenvalue weighted by molar-refractivity contribution is 6.42. The highest BCUT2D eigenvalue weighted by atomic mass is 35.5. The summed E-state index contributed by atoms with van der Waals surface area (Å²) < 4.78 is 4.97. The molecule has 1 aliphatic rings. The summed E-state index contributed by atoms with van der Waals surface area (Å²) in [6.45, 7) is -0.178. The fraction of sp³-hybridized carbons (Fsp3) is 0.211. The lowest BCUT2D eigenvalue weighted by Crippen LogP contribution is -2.36. The van der Waals surface area contributed by atoms with Gasteiger partial charge >= 0.3 is 5.97 Å². The molecule has 0 atom stereocenters. The highest BCUT2D eigenvalue weighted by Crippen LogP contribution is 2.27. The van der Waals surface area contributed by atoms with Gasteiger partial charge in [0.25, 0.3) is 11.8 Å². The first-order chi connectivity index (χ1) is 13.0. The van der Waals surface area contributed by atoms with Crippen LogP contribution in [0.5, 0.6) is 0 Å². The van der Waals surface area contributed by atoms with Gasteiger partial charge in [-0.2, -0.15) is 0 Å². The molecule has 1 N–H and O–H groups in total. The van der Waals surface area contributed by atoms with Gasteiger partial charge < -0.3 is 15.0 Å². The van der Waals surface area contributed by atoms with E-state index in [0.717, 1.165) is 17.7 Å². The van der Waals surface area contributed by atoms with Crippen LogP contribution in [0, 0.1) is 0 Å². The van der Waals surface area contributed by atoms with Crippen molar-refractivity contribution in [1.29, 1.82) is 0 Å². The third-order valence-electron chi connectivity index (χ3n) is 4.12. The predicted molar refractivity (Wildman–Crippen MR) is 102 cm³/mol. The van der Waals surface area contributed by atoms with Crippen molar-refractivity contribution in [3.8, 4) is 0 Å². The fourth-order valence-corrected chi connectivity index (χ4v) is 3.06. The van der Waals surface area contributed by atoms with Crippen molar-refractivity contribution in [2.45, 2.75) is 6.42 Å². The number of nitrogens with one attached hydrogen (secondary N) is 1. The molecule has 3 rings (SSSR count). The van der Waals surface area contributed by atoms with Gasteiger partial charge in [-0.3, -0.25) is 14.4 Å². The molecule has 0 unspecified atom stereocenters. The Balaban J connectivity index is 1.46. The number of benzene rings is 2. The van der Waals surface area contributed by atoms with Crippen LogP contribution >= 0.6 is 23.2 Å². The monoisotopic (exact) mass is 406 g/mol. The van der Waals surface area contributed by atoms with E-state index in [4.69, 9.17) is 27.9 Å². The van der Waals surface area contributed by atoms with E-state index in [-0.39, 0.29) is 29.6 Å². The lowest BCUT2D eigenvalue weighted by atomic mass is 10.2. The lowest BCUT2D eigenvalue weighted by molar-refractivity contribution is -0.146. The molecule has 1 aliphatic heterocycles. The Bertz CT molecular complexity index is 901. The second kappa shape index (κ2) is 8.41. The van der Waals surface area contributed by atoms with Gasteiger partial charge in [0, 0.05) is 17.8 Å². The minimum atomic E-state index is -0.704. The van der Waals surface area contributed by atoms with Gasteiger partial charge in [-0.25, -0.2) is 0 Å². The number of fused-ring (bicyclic) bond motifs is 1. The Morgan fingerprint density at radius 1 is 1.07 bits per heavy atom. The quantitative estimate of drug-likeness (QED) is 0.774. The normalized spacial score (nSPS) is 12.4. The van der Waals surface area contributed by atoms with Crippen molar-refractivity contribution in [2.75, 3.05) is 24.6 Å². The van der Waals surface area contributed by atoms with E-state index >= 15 is 0 Å². The molecule has 2 aromatic rings. The van der Waals surface area contributed by atoms with E-state index < -0.39 is 11.9 Å². The molecule has 0 radical (unpaired) electrons. The Morgan fingerprint density at radius 3 is 2.63 bits per heavy atom. The van der Waals surface area contributed by atoms with Crippen LogP contribution in [0.25, 0.3) is 0 Å². The topological polar surface area (TPSA) is 75.7 Å². The molecular formula is C19H16Cl2N2O4.